The van der Waals surface area contributed by atoms with Gasteiger partial charge in [-0.1, -0.05) is 33.1 Å². The molecule has 2 aliphatic heterocycles. The summed E-state index contributed by atoms with van der Waals surface area (Å²) in [7, 11) is 0. The van der Waals surface area contributed by atoms with Crippen LogP contribution in [0.15, 0.2) is 36.6 Å². The summed E-state index contributed by atoms with van der Waals surface area (Å²) in [6.07, 6.45) is 4.16. The van der Waals surface area contributed by atoms with E-state index in [1.54, 1.807) is 0 Å². The lowest BCUT2D eigenvalue weighted by Crippen LogP contribution is -2.62. The van der Waals surface area contributed by atoms with Crippen LogP contribution in [0.2, 0.25) is 0 Å². The van der Waals surface area contributed by atoms with Gasteiger partial charge in [-0.25, -0.2) is 0 Å². The van der Waals surface area contributed by atoms with E-state index in [9.17, 15) is 0 Å². The highest BCUT2D eigenvalue weighted by molar-refractivity contribution is 5.29. The Kier molecular flexibility index (Phi) is 5.87. The van der Waals surface area contributed by atoms with Gasteiger partial charge in [-0.05, 0) is 31.4 Å². The second-order valence-corrected chi connectivity index (χ2v) is 7.22. The largest absolute Gasteiger partial charge is 0.369 e. The van der Waals surface area contributed by atoms with Crippen LogP contribution in [0.25, 0.3) is 0 Å². The van der Waals surface area contributed by atoms with Crippen LogP contribution < -0.4 is 0 Å². The van der Waals surface area contributed by atoms with E-state index in [1.807, 2.05) is 6.08 Å². The fraction of sp³-hybridized carbons (Fsp3) is 0.684. The number of allylic oxidation sites excluding steroid dienone is 3. The van der Waals surface area contributed by atoms with E-state index < -0.39 is 0 Å². The van der Waals surface area contributed by atoms with Crippen LogP contribution in [0.4, 0.5) is 0 Å². The van der Waals surface area contributed by atoms with E-state index in [2.05, 4.69) is 61.6 Å². The lowest BCUT2D eigenvalue weighted by molar-refractivity contribution is 0.0160. The molecule has 22 heavy (non-hydrogen) atoms. The molecule has 2 heterocycles. The second kappa shape index (κ2) is 7.47. The van der Waals surface area contributed by atoms with Gasteiger partial charge in [0.2, 0.25) is 0 Å². The van der Waals surface area contributed by atoms with E-state index in [0.717, 1.165) is 18.8 Å². The molecule has 0 aromatic heterocycles. The van der Waals surface area contributed by atoms with Crippen LogP contribution in [-0.2, 0) is 0 Å². The van der Waals surface area contributed by atoms with Crippen molar-refractivity contribution in [1.29, 1.82) is 0 Å². The number of nitrogens with zero attached hydrogens (tertiary/aromatic N) is 3. The Morgan fingerprint density at radius 3 is 2.09 bits per heavy atom. The summed E-state index contributed by atoms with van der Waals surface area (Å²) in [5, 5.41) is 0. The fourth-order valence-electron chi connectivity index (χ4n) is 3.28. The molecule has 0 aliphatic carbocycles. The lowest BCUT2D eigenvalue weighted by atomic mass is 10.00. The van der Waals surface area contributed by atoms with Crippen LogP contribution in [0, 0.1) is 5.92 Å². The third-order valence-corrected chi connectivity index (χ3v) is 5.10. The smallest absolute Gasteiger partial charge is 0.0447 e. The van der Waals surface area contributed by atoms with Gasteiger partial charge >= 0.3 is 0 Å². The van der Waals surface area contributed by atoms with Crippen LogP contribution >= 0.6 is 0 Å². The summed E-state index contributed by atoms with van der Waals surface area (Å²) >= 11 is 0. The highest BCUT2D eigenvalue weighted by Crippen LogP contribution is 2.23. The summed E-state index contributed by atoms with van der Waals surface area (Å²) < 4.78 is 0. The summed E-state index contributed by atoms with van der Waals surface area (Å²) in [6, 6.07) is 1.39. The summed E-state index contributed by atoms with van der Waals surface area (Å²) in [6.45, 7) is 24.2. The Bertz CT molecular complexity index is 422. The Morgan fingerprint density at radius 1 is 1.05 bits per heavy atom. The molecule has 0 bridgehead atoms. The minimum Gasteiger partial charge on any atom is -0.369 e. The molecule has 0 aromatic rings. The molecular weight excluding hydrogens is 270 g/mol. The molecule has 0 unspecified atom stereocenters. The standard InChI is InChI=1S/C19H33N3/c1-7-18(15(2)3)12-17(6)22-13-19(14-22)21-10-8-20(9-11-21)16(4)5/h7,12,15-16,19H,1,6,8-11,13-14H2,2-5H3/b18-12+. The van der Waals surface area contributed by atoms with Crippen molar-refractivity contribution in [2.24, 2.45) is 5.92 Å². The molecule has 0 N–H and O–H groups in total. The first-order chi connectivity index (χ1) is 10.4. The van der Waals surface area contributed by atoms with Gasteiger partial charge in [0, 0.05) is 57.0 Å². The van der Waals surface area contributed by atoms with E-state index in [0.29, 0.717) is 18.0 Å². The highest BCUT2D eigenvalue weighted by atomic mass is 15.4. The molecule has 3 heteroatoms. The molecule has 0 atom stereocenters. The van der Waals surface area contributed by atoms with E-state index in [4.69, 9.17) is 0 Å². The predicted molar refractivity (Wildman–Crippen MR) is 95.9 cm³/mol. The van der Waals surface area contributed by atoms with Crippen LogP contribution in [0.3, 0.4) is 0 Å². The van der Waals surface area contributed by atoms with E-state index in [-0.39, 0.29) is 0 Å². The summed E-state index contributed by atoms with van der Waals surface area (Å²) in [5.74, 6) is 0.510. The van der Waals surface area contributed by atoms with Gasteiger partial charge in [-0.2, -0.15) is 0 Å². The number of likely N-dealkylation sites (tertiary alicyclic amines) is 1. The molecule has 0 spiro atoms. The zero-order valence-corrected chi connectivity index (χ0v) is 14.9. The maximum absolute atomic E-state index is 4.24. The second-order valence-electron chi connectivity index (χ2n) is 7.22. The molecule has 2 aliphatic rings. The van der Waals surface area contributed by atoms with Crippen molar-refractivity contribution >= 4 is 0 Å². The third-order valence-electron chi connectivity index (χ3n) is 5.10. The minimum atomic E-state index is 0.510. The van der Waals surface area contributed by atoms with Crippen LogP contribution in [0.1, 0.15) is 27.7 Å². The predicted octanol–water partition coefficient (Wildman–Crippen LogP) is 2.98. The first-order valence-corrected chi connectivity index (χ1v) is 8.68. The number of hydrogen-bond acceptors (Lipinski definition) is 3. The molecule has 2 rings (SSSR count). The van der Waals surface area contributed by atoms with E-state index >= 15 is 0 Å². The van der Waals surface area contributed by atoms with Crippen molar-refractivity contribution in [3.63, 3.8) is 0 Å². The maximum atomic E-state index is 4.24. The van der Waals surface area contributed by atoms with Gasteiger partial charge in [0.15, 0.2) is 0 Å². The molecule has 124 valence electrons. The highest BCUT2D eigenvalue weighted by Gasteiger charge is 2.33. The average Bonchev–Trinajstić information content (AvgIpc) is 2.43. The van der Waals surface area contributed by atoms with Crippen molar-refractivity contribution in [3.05, 3.63) is 36.6 Å². The quantitative estimate of drug-likeness (QED) is 0.699. The maximum Gasteiger partial charge on any atom is 0.0447 e. The van der Waals surface area contributed by atoms with Crippen molar-refractivity contribution in [2.45, 2.75) is 39.8 Å². The molecule has 2 saturated heterocycles. The van der Waals surface area contributed by atoms with Crippen molar-refractivity contribution in [2.75, 3.05) is 39.3 Å². The third kappa shape index (κ3) is 4.02. The van der Waals surface area contributed by atoms with Gasteiger partial charge in [-0.15, -0.1) is 0 Å². The Balaban J connectivity index is 1.78. The van der Waals surface area contributed by atoms with Gasteiger partial charge in [0.05, 0.1) is 0 Å². The topological polar surface area (TPSA) is 9.72 Å². The zero-order valence-electron chi connectivity index (χ0n) is 14.9. The zero-order chi connectivity index (χ0) is 16.3. The van der Waals surface area contributed by atoms with Gasteiger partial charge < -0.3 is 4.90 Å². The average molecular weight is 303 g/mol. The molecule has 0 aromatic carbocycles. The fourth-order valence-corrected chi connectivity index (χ4v) is 3.28. The number of piperazine rings is 1. The van der Waals surface area contributed by atoms with Crippen molar-refractivity contribution in [1.82, 2.24) is 14.7 Å². The summed E-state index contributed by atoms with van der Waals surface area (Å²) in [4.78, 5) is 7.63. The molecule has 0 radical (unpaired) electrons. The number of rotatable bonds is 6. The van der Waals surface area contributed by atoms with Gasteiger partial charge in [-0.3, -0.25) is 9.80 Å². The lowest BCUT2D eigenvalue weighted by Gasteiger charge is -2.49. The van der Waals surface area contributed by atoms with Gasteiger partial charge in [0.1, 0.15) is 0 Å². The minimum absolute atomic E-state index is 0.510. The van der Waals surface area contributed by atoms with E-state index in [1.165, 1.54) is 31.8 Å². The Labute approximate surface area is 137 Å². The molecule has 2 fully saturated rings. The Hall–Kier alpha value is -1.06. The normalized spacial score (nSPS) is 22.3. The van der Waals surface area contributed by atoms with Gasteiger partial charge in [0.25, 0.3) is 0 Å². The monoisotopic (exact) mass is 303 g/mol. The van der Waals surface area contributed by atoms with Crippen LogP contribution in [0.5, 0.6) is 0 Å². The van der Waals surface area contributed by atoms with Crippen molar-refractivity contribution in [3.8, 4) is 0 Å². The first kappa shape index (κ1) is 17.3. The molecule has 3 nitrogen and oxygen atoms in total. The Morgan fingerprint density at radius 2 is 1.64 bits per heavy atom. The molecule has 0 saturated carbocycles. The first-order valence-electron chi connectivity index (χ1n) is 8.68. The van der Waals surface area contributed by atoms with Crippen molar-refractivity contribution < 1.29 is 0 Å². The number of hydrogen-bond donors (Lipinski definition) is 0. The molecular formula is C19H33N3. The SMILES string of the molecule is C=C/C(=C\C(=C)N1CC(N2CCN(C(C)C)CC2)C1)C(C)C. The summed E-state index contributed by atoms with van der Waals surface area (Å²) in [5.41, 5.74) is 2.42. The van der Waals surface area contributed by atoms with Crippen LogP contribution in [-0.4, -0.2) is 66.1 Å². The molecule has 0 amide bonds.